The lowest BCUT2D eigenvalue weighted by Gasteiger charge is -2.31. The van der Waals surface area contributed by atoms with Crippen LogP contribution < -0.4 is 10.6 Å². The maximum Gasteiger partial charge on any atom is 0.230 e. The SMILES string of the molecule is CCNC(=NCC1(C(=O)N(C)C)CCCC1)NCC(O)CN1CCc2ccccc2C1. The molecule has 0 bridgehead atoms. The van der Waals surface area contributed by atoms with Gasteiger partial charge >= 0.3 is 0 Å². The van der Waals surface area contributed by atoms with Crippen molar-refractivity contribution in [3.8, 4) is 0 Å². The van der Waals surface area contributed by atoms with Gasteiger partial charge in [-0.1, -0.05) is 37.1 Å². The lowest BCUT2D eigenvalue weighted by atomic mass is 9.85. The average molecular weight is 430 g/mol. The van der Waals surface area contributed by atoms with Gasteiger partial charge in [0.25, 0.3) is 0 Å². The molecular weight excluding hydrogens is 390 g/mol. The van der Waals surface area contributed by atoms with Crippen molar-refractivity contribution in [2.45, 2.75) is 51.7 Å². The van der Waals surface area contributed by atoms with E-state index in [0.29, 0.717) is 25.6 Å². The molecule has 1 aromatic rings. The van der Waals surface area contributed by atoms with Crippen molar-refractivity contribution in [1.82, 2.24) is 20.4 Å². The molecular formula is C24H39N5O2. The number of rotatable bonds is 8. The lowest BCUT2D eigenvalue weighted by molar-refractivity contribution is -0.138. The zero-order valence-corrected chi connectivity index (χ0v) is 19.4. The van der Waals surface area contributed by atoms with Crippen LogP contribution in [0.2, 0.25) is 0 Å². The van der Waals surface area contributed by atoms with Crippen LogP contribution in [-0.2, 0) is 17.8 Å². The fraction of sp³-hybridized carbons (Fsp3) is 0.667. The summed E-state index contributed by atoms with van der Waals surface area (Å²) in [7, 11) is 3.65. The van der Waals surface area contributed by atoms with Crippen LogP contribution in [0.4, 0.5) is 0 Å². The van der Waals surface area contributed by atoms with E-state index in [0.717, 1.165) is 51.7 Å². The van der Waals surface area contributed by atoms with E-state index in [1.54, 1.807) is 4.90 Å². The van der Waals surface area contributed by atoms with Crippen LogP contribution in [0.25, 0.3) is 0 Å². The van der Waals surface area contributed by atoms with E-state index in [-0.39, 0.29) is 11.3 Å². The molecule has 1 aliphatic heterocycles. The monoisotopic (exact) mass is 429 g/mol. The number of β-amino-alcohol motifs (C(OH)–C–C–N with tert-alkyl or cyclic N) is 1. The van der Waals surface area contributed by atoms with E-state index in [4.69, 9.17) is 4.99 Å². The Bertz CT molecular complexity index is 758. The summed E-state index contributed by atoms with van der Waals surface area (Å²) in [6.45, 7) is 6.16. The number of hydrogen-bond donors (Lipinski definition) is 3. The van der Waals surface area contributed by atoms with Gasteiger partial charge in [0.05, 0.1) is 18.1 Å². The average Bonchev–Trinajstić information content (AvgIpc) is 3.25. The number of aliphatic hydroxyl groups is 1. The fourth-order valence-electron chi connectivity index (χ4n) is 4.82. The zero-order valence-electron chi connectivity index (χ0n) is 19.4. The smallest absolute Gasteiger partial charge is 0.230 e. The molecule has 3 rings (SSSR count). The molecule has 0 aromatic heterocycles. The summed E-state index contributed by atoms with van der Waals surface area (Å²) in [5, 5.41) is 17.1. The van der Waals surface area contributed by atoms with Crippen LogP contribution in [0.5, 0.6) is 0 Å². The number of aliphatic hydroxyl groups excluding tert-OH is 1. The molecule has 7 nitrogen and oxygen atoms in total. The molecule has 7 heteroatoms. The Balaban J connectivity index is 1.53. The molecule has 0 saturated heterocycles. The Kier molecular flexibility index (Phi) is 8.32. The van der Waals surface area contributed by atoms with Gasteiger partial charge in [-0.3, -0.25) is 14.7 Å². The molecule has 172 valence electrons. The molecule has 1 heterocycles. The van der Waals surface area contributed by atoms with Gasteiger partial charge in [0, 0.05) is 46.8 Å². The van der Waals surface area contributed by atoms with E-state index in [1.807, 2.05) is 21.0 Å². The minimum atomic E-state index is -0.488. The number of fused-ring (bicyclic) bond motifs is 1. The molecule has 1 saturated carbocycles. The first-order valence-corrected chi connectivity index (χ1v) is 11.6. The van der Waals surface area contributed by atoms with E-state index >= 15 is 0 Å². The van der Waals surface area contributed by atoms with Crippen LogP contribution in [0.3, 0.4) is 0 Å². The molecule has 0 radical (unpaired) electrons. The number of guanidine groups is 1. The normalized spacial score (nSPS) is 19.5. The van der Waals surface area contributed by atoms with Crippen LogP contribution in [0, 0.1) is 5.41 Å². The maximum atomic E-state index is 12.8. The number of carbonyl (C=O) groups excluding carboxylic acids is 1. The van der Waals surface area contributed by atoms with Crippen LogP contribution >= 0.6 is 0 Å². The van der Waals surface area contributed by atoms with Crippen LogP contribution in [0.1, 0.15) is 43.7 Å². The second-order valence-corrected chi connectivity index (χ2v) is 9.17. The van der Waals surface area contributed by atoms with Crippen molar-refractivity contribution in [3.05, 3.63) is 35.4 Å². The van der Waals surface area contributed by atoms with Gasteiger partial charge in [0.2, 0.25) is 5.91 Å². The van der Waals surface area contributed by atoms with Crippen LogP contribution in [0.15, 0.2) is 29.3 Å². The topological polar surface area (TPSA) is 80.2 Å². The zero-order chi connectivity index (χ0) is 22.3. The molecule has 1 fully saturated rings. The van der Waals surface area contributed by atoms with E-state index in [9.17, 15) is 9.90 Å². The summed E-state index contributed by atoms with van der Waals surface area (Å²) < 4.78 is 0. The van der Waals surface area contributed by atoms with Crippen molar-refractivity contribution in [3.63, 3.8) is 0 Å². The van der Waals surface area contributed by atoms with Crippen molar-refractivity contribution < 1.29 is 9.90 Å². The van der Waals surface area contributed by atoms with Gasteiger partial charge in [-0.15, -0.1) is 0 Å². The quantitative estimate of drug-likeness (QED) is 0.432. The number of benzene rings is 1. The number of nitrogens with zero attached hydrogens (tertiary/aromatic N) is 3. The highest BCUT2D eigenvalue weighted by molar-refractivity contribution is 5.84. The molecule has 1 amide bonds. The number of hydrogen-bond acceptors (Lipinski definition) is 4. The molecule has 1 unspecified atom stereocenters. The number of amides is 1. The van der Waals surface area contributed by atoms with Gasteiger partial charge < -0.3 is 20.6 Å². The second-order valence-electron chi connectivity index (χ2n) is 9.17. The number of nitrogens with one attached hydrogen (secondary N) is 2. The summed E-state index contributed by atoms with van der Waals surface area (Å²) in [5.74, 6) is 0.846. The molecule has 0 spiro atoms. The predicted molar refractivity (Wildman–Crippen MR) is 125 cm³/mol. The third-order valence-corrected chi connectivity index (χ3v) is 6.49. The van der Waals surface area contributed by atoms with E-state index in [2.05, 4.69) is 39.8 Å². The standard InChI is InChI=1S/C24H39N5O2/c1-4-25-23(27-18-24(12-7-8-13-24)22(31)28(2)3)26-15-21(30)17-29-14-11-19-9-5-6-10-20(19)16-29/h5-6,9-10,21,30H,4,7-8,11-18H2,1-3H3,(H2,25,26,27). The van der Waals surface area contributed by atoms with Crippen LogP contribution in [-0.4, -0.2) is 79.7 Å². The highest BCUT2D eigenvalue weighted by Crippen LogP contribution is 2.39. The first kappa shape index (κ1) is 23.5. The van der Waals surface area contributed by atoms with Gasteiger partial charge in [0.1, 0.15) is 0 Å². The Labute approximate surface area is 186 Å². The van der Waals surface area contributed by atoms with Crippen molar-refractivity contribution in [2.24, 2.45) is 10.4 Å². The summed E-state index contributed by atoms with van der Waals surface area (Å²) in [6.07, 6.45) is 4.49. The van der Waals surface area contributed by atoms with Crippen molar-refractivity contribution in [2.75, 3.05) is 46.8 Å². The Hall–Kier alpha value is -2.12. The van der Waals surface area contributed by atoms with E-state index in [1.165, 1.54) is 11.1 Å². The highest BCUT2D eigenvalue weighted by atomic mass is 16.3. The molecule has 2 aliphatic rings. The highest BCUT2D eigenvalue weighted by Gasteiger charge is 2.42. The van der Waals surface area contributed by atoms with Gasteiger partial charge in [-0.05, 0) is 37.3 Å². The molecule has 31 heavy (non-hydrogen) atoms. The van der Waals surface area contributed by atoms with E-state index < -0.39 is 6.10 Å². The minimum absolute atomic E-state index is 0.176. The maximum absolute atomic E-state index is 12.8. The summed E-state index contributed by atoms with van der Waals surface area (Å²) in [5.41, 5.74) is 2.39. The van der Waals surface area contributed by atoms with Gasteiger partial charge in [0.15, 0.2) is 5.96 Å². The Morgan fingerprint density at radius 3 is 2.61 bits per heavy atom. The fourth-order valence-corrected chi connectivity index (χ4v) is 4.82. The molecule has 1 aromatic carbocycles. The molecule has 1 atom stereocenters. The molecule has 3 N–H and O–H groups in total. The summed E-state index contributed by atoms with van der Waals surface area (Å²) in [4.78, 5) is 21.5. The predicted octanol–water partition coefficient (Wildman–Crippen LogP) is 1.61. The van der Waals surface area contributed by atoms with Gasteiger partial charge in [-0.2, -0.15) is 0 Å². The minimum Gasteiger partial charge on any atom is -0.390 e. The van der Waals surface area contributed by atoms with Crippen molar-refractivity contribution >= 4 is 11.9 Å². The molecule has 1 aliphatic carbocycles. The number of carbonyl (C=O) groups is 1. The van der Waals surface area contributed by atoms with Gasteiger partial charge in [-0.25, -0.2) is 0 Å². The first-order valence-electron chi connectivity index (χ1n) is 11.6. The Morgan fingerprint density at radius 2 is 1.94 bits per heavy atom. The second kappa shape index (κ2) is 11.0. The third kappa shape index (κ3) is 6.20. The van der Waals surface area contributed by atoms with Crippen molar-refractivity contribution in [1.29, 1.82) is 0 Å². The number of aliphatic imine (C=N–C) groups is 1. The summed E-state index contributed by atoms with van der Waals surface area (Å²) in [6, 6.07) is 8.55. The lowest BCUT2D eigenvalue weighted by Crippen LogP contribution is -2.46. The first-order chi connectivity index (χ1) is 14.9. The third-order valence-electron chi connectivity index (χ3n) is 6.49. The Morgan fingerprint density at radius 1 is 1.23 bits per heavy atom. The summed E-state index contributed by atoms with van der Waals surface area (Å²) >= 11 is 0. The largest absolute Gasteiger partial charge is 0.390 e.